The summed E-state index contributed by atoms with van der Waals surface area (Å²) in [6.45, 7) is 5.77. The molecule has 6 nitrogen and oxygen atoms in total. The fourth-order valence-electron chi connectivity index (χ4n) is 2.76. The smallest absolute Gasteiger partial charge is 0.276 e. The number of aromatic amines is 1. The minimum absolute atomic E-state index is 0.0836. The average Bonchev–Trinajstić information content (AvgIpc) is 3.14. The Morgan fingerprint density at radius 2 is 2.00 bits per heavy atom. The Labute approximate surface area is 155 Å². The third-order valence-corrected chi connectivity index (χ3v) is 5.33. The van der Waals surface area contributed by atoms with Crippen LogP contribution in [0.3, 0.4) is 0 Å². The first kappa shape index (κ1) is 18.1. The Morgan fingerprint density at radius 1 is 1.27 bits per heavy atom. The predicted octanol–water partition coefficient (Wildman–Crippen LogP) is 3.83. The van der Waals surface area contributed by atoms with Crippen LogP contribution < -0.4 is 10.9 Å². The normalized spacial score (nSPS) is 10.9. The number of unbranched alkanes of at least 4 members (excludes halogenated alkanes) is 1. The van der Waals surface area contributed by atoms with E-state index in [1.54, 1.807) is 6.92 Å². The fraction of sp³-hybridized carbons (Fsp3) is 0.316. The number of hydrogen-bond acceptors (Lipinski definition) is 4. The number of thiazole rings is 1. The number of nitrogens with one attached hydrogen (secondary N) is 2. The number of aryl methyl sites for hydroxylation is 2. The number of anilines is 1. The van der Waals surface area contributed by atoms with Crippen molar-refractivity contribution in [3.63, 3.8) is 0 Å². The molecule has 7 heteroatoms. The fourth-order valence-corrected chi connectivity index (χ4v) is 3.68. The van der Waals surface area contributed by atoms with Crippen molar-refractivity contribution in [3.8, 4) is 5.13 Å². The second-order valence-corrected chi connectivity index (χ2v) is 7.17. The van der Waals surface area contributed by atoms with Gasteiger partial charge in [-0.05, 0) is 38.8 Å². The van der Waals surface area contributed by atoms with Gasteiger partial charge < -0.3 is 5.32 Å². The number of carbonyl (C=O) groups excluding carboxylic acids is 1. The number of rotatable bonds is 6. The van der Waals surface area contributed by atoms with Gasteiger partial charge in [0.25, 0.3) is 11.5 Å². The summed E-state index contributed by atoms with van der Waals surface area (Å²) in [4.78, 5) is 30.1. The zero-order valence-corrected chi connectivity index (χ0v) is 15.9. The van der Waals surface area contributed by atoms with Crippen LogP contribution in [-0.4, -0.2) is 20.7 Å². The minimum atomic E-state index is -0.222. The Kier molecular flexibility index (Phi) is 5.37. The number of amides is 1. The van der Waals surface area contributed by atoms with E-state index < -0.39 is 0 Å². The lowest BCUT2D eigenvalue weighted by atomic mass is 10.1. The first-order valence-electron chi connectivity index (χ1n) is 8.66. The zero-order chi connectivity index (χ0) is 18.7. The van der Waals surface area contributed by atoms with E-state index in [4.69, 9.17) is 0 Å². The topological polar surface area (TPSA) is 79.8 Å². The molecular weight excluding hydrogens is 348 g/mol. The maximum absolute atomic E-state index is 12.7. The van der Waals surface area contributed by atoms with Crippen molar-refractivity contribution in [1.29, 1.82) is 0 Å². The molecule has 0 unspecified atom stereocenters. The molecule has 0 aliphatic heterocycles. The van der Waals surface area contributed by atoms with Gasteiger partial charge in [0.2, 0.25) is 5.13 Å². The van der Waals surface area contributed by atoms with Gasteiger partial charge in [0.05, 0.1) is 5.69 Å². The Bertz CT molecular complexity index is 969. The number of aromatic nitrogens is 3. The van der Waals surface area contributed by atoms with Crippen LogP contribution in [0.25, 0.3) is 5.13 Å². The van der Waals surface area contributed by atoms with Crippen LogP contribution in [0.5, 0.6) is 0 Å². The summed E-state index contributed by atoms with van der Waals surface area (Å²) in [7, 11) is 0. The number of para-hydroxylation sites is 1. The van der Waals surface area contributed by atoms with Crippen LogP contribution in [0.15, 0.2) is 35.1 Å². The molecule has 0 spiro atoms. The minimum Gasteiger partial charge on any atom is -0.321 e. The number of nitrogens with zero attached hydrogens (tertiary/aromatic N) is 2. The van der Waals surface area contributed by atoms with Gasteiger partial charge >= 0.3 is 0 Å². The highest BCUT2D eigenvalue weighted by molar-refractivity contribution is 7.16. The predicted molar refractivity (Wildman–Crippen MR) is 105 cm³/mol. The molecule has 0 radical (unpaired) electrons. The highest BCUT2D eigenvalue weighted by Crippen LogP contribution is 2.22. The molecule has 3 aromatic rings. The van der Waals surface area contributed by atoms with Crippen LogP contribution in [0.2, 0.25) is 0 Å². The van der Waals surface area contributed by atoms with E-state index in [9.17, 15) is 9.59 Å². The van der Waals surface area contributed by atoms with Crippen molar-refractivity contribution >= 4 is 22.9 Å². The summed E-state index contributed by atoms with van der Waals surface area (Å²) in [6, 6.07) is 9.27. The number of H-pyrrole nitrogens is 1. The van der Waals surface area contributed by atoms with Crippen molar-refractivity contribution in [2.24, 2.45) is 0 Å². The molecule has 2 heterocycles. The maximum atomic E-state index is 12.7. The summed E-state index contributed by atoms with van der Waals surface area (Å²) < 4.78 is 1.44. The van der Waals surface area contributed by atoms with Gasteiger partial charge in [0.1, 0.15) is 4.88 Å². The van der Waals surface area contributed by atoms with Crippen LogP contribution in [0.1, 0.15) is 46.4 Å². The molecule has 0 saturated carbocycles. The first-order chi connectivity index (χ1) is 12.5. The molecule has 0 atom stereocenters. The molecule has 0 bridgehead atoms. The number of hydrogen-bond donors (Lipinski definition) is 2. The molecule has 0 fully saturated rings. The third-order valence-electron chi connectivity index (χ3n) is 4.19. The summed E-state index contributed by atoms with van der Waals surface area (Å²) in [6.07, 6.45) is 2.75. The van der Waals surface area contributed by atoms with E-state index in [0.29, 0.717) is 15.7 Å². The van der Waals surface area contributed by atoms with E-state index in [1.165, 1.54) is 16.0 Å². The molecule has 1 amide bonds. The van der Waals surface area contributed by atoms with Crippen LogP contribution in [-0.2, 0) is 6.42 Å². The largest absolute Gasteiger partial charge is 0.321 e. The van der Waals surface area contributed by atoms with Gasteiger partial charge in [0.15, 0.2) is 0 Å². The second kappa shape index (κ2) is 7.70. The highest BCUT2D eigenvalue weighted by atomic mass is 32.1. The van der Waals surface area contributed by atoms with E-state index >= 15 is 0 Å². The standard InChI is InChI=1S/C19H22N4O2S/c1-4-5-11-15-12(2)22-23(18(15)25)19-20-13(3)16(26-19)17(24)21-14-9-7-6-8-10-14/h6-10,22H,4-5,11H2,1-3H3,(H,21,24). The summed E-state index contributed by atoms with van der Waals surface area (Å²) in [5.74, 6) is -0.222. The van der Waals surface area contributed by atoms with Crippen LogP contribution >= 0.6 is 11.3 Å². The van der Waals surface area contributed by atoms with Gasteiger partial charge in [-0.1, -0.05) is 42.9 Å². The van der Waals surface area contributed by atoms with Crippen molar-refractivity contribution in [3.05, 3.63) is 62.5 Å². The number of carbonyl (C=O) groups is 1. The maximum Gasteiger partial charge on any atom is 0.276 e. The summed E-state index contributed by atoms with van der Waals surface area (Å²) in [5, 5.41) is 6.43. The second-order valence-electron chi connectivity index (χ2n) is 6.19. The van der Waals surface area contributed by atoms with Gasteiger partial charge in [-0.3, -0.25) is 14.7 Å². The molecule has 0 saturated heterocycles. The SMILES string of the molecule is CCCCc1c(C)[nH]n(-c2nc(C)c(C(=O)Nc3ccccc3)s2)c1=O. The third kappa shape index (κ3) is 3.62. The highest BCUT2D eigenvalue weighted by Gasteiger charge is 2.19. The first-order valence-corrected chi connectivity index (χ1v) is 9.47. The van der Waals surface area contributed by atoms with Crippen molar-refractivity contribution in [2.45, 2.75) is 40.0 Å². The monoisotopic (exact) mass is 370 g/mol. The van der Waals surface area contributed by atoms with Crippen LogP contribution in [0.4, 0.5) is 5.69 Å². The molecule has 0 aliphatic carbocycles. The molecule has 0 aliphatic rings. The quantitative estimate of drug-likeness (QED) is 0.692. The van der Waals surface area contributed by atoms with Gasteiger partial charge in [-0.2, -0.15) is 4.68 Å². The molecule has 2 aromatic heterocycles. The summed E-state index contributed by atoms with van der Waals surface area (Å²) >= 11 is 1.21. The van der Waals surface area contributed by atoms with Crippen LogP contribution in [0, 0.1) is 13.8 Å². The lowest BCUT2D eigenvalue weighted by Crippen LogP contribution is -2.17. The lowest BCUT2D eigenvalue weighted by molar-refractivity contribution is 0.103. The molecule has 2 N–H and O–H groups in total. The lowest BCUT2D eigenvalue weighted by Gasteiger charge is -2.02. The molecule has 26 heavy (non-hydrogen) atoms. The number of benzene rings is 1. The van der Waals surface area contributed by atoms with Crippen molar-refractivity contribution in [2.75, 3.05) is 5.32 Å². The van der Waals surface area contributed by atoms with E-state index in [1.807, 2.05) is 37.3 Å². The molecule has 1 aromatic carbocycles. The van der Waals surface area contributed by atoms with E-state index in [-0.39, 0.29) is 11.5 Å². The van der Waals surface area contributed by atoms with Gasteiger partial charge in [0, 0.05) is 16.9 Å². The Morgan fingerprint density at radius 3 is 2.69 bits per heavy atom. The van der Waals surface area contributed by atoms with E-state index in [0.717, 1.165) is 36.2 Å². The van der Waals surface area contributed by atoms with Crippen molar-refractivity contribution < 1.29 is 4.79 Å². The van der Waals surface area contributed by atoms with Gasteiger partial charge in [-0.15, -0.1) is 0 Å². The average molecular weight is 370 g/mol. The molecule has 136 valence electrons. The van der Waals surface area contributed by atoms with E-state index in [2.05, 4.69) is 22.3 Å². The summed E-state index contributed by atoms with van der Waals surface area (Å²) in [5.41, 5.74) is 2.88. The van der Waals surface area contributed by atoms with Gasteiger partial charge in [-0.25, -0.2) is 4.98 Å². The molecule has 3 rings (SSSR count). The van der Waals surface area contributed by atoms with Crippen molar-refractivity contribution in [1.82, 2.24) is 14.8 Å². The Hall–Kier alpha value is -2.67. The Balaban J connectivity index is 1.89. The molecular formula is C19H22N4O2S. The zero-order valence-electron chi connectivity index (χ0n) is 15.1.